The van der Waals surface area contributed by atoms with E-state index < -0.39 is 11.7 Å². The number of rotatable bonds is 5. The van der Waals surface area contributed by atoms with Crippen LogP contribution >= 0.6 is 0 Å². The van der Waals surface area contributed by atoms with Crippen LogP contribution in [0.2, 0.25) is 0 Å². The monoisotopic (exact) mass is 396 g/mol. The Bertz CT molecular complexity index is 1130. The summed E-state index contributed by atoms with van der Waals surface area (Å²) in [5.41, 5.74) is 2.76. The number of ether oxygens (including phenoxy) is 1. The number of halogens is 3. The molecule has 0 unspecified atom stereocenters. The maximum Gasteiger partial charge on any atom is 0.416 e. The van der Waals surface area contributed by atoms with Gasteiger partial charge in [-0.2, -0.15) is 18.3 Å². The van der Waals surface area contributed by atoms with E-state index in [1.165, 1.54) is 17.7 Å². The van der Waals surface area contributed by atoms with Crippen LogP contribution < -0.4 is 4.74 Å². The van der Waals surface area contributed by atoms with E-state index >= 15 is 0 Å². The van der Waals surface area contributed by atoms with E-state index in [9.17, 15) is 13.2 Å². The van der Waals surface area contributed by atoms with Crippen LogP contribution in [0.5, 0.6) is 5.75 Å². The molecule has 3 nitrogen and oxygen atoms in total. The predicted molar refractivity (Wildman–Crippen MR) is 106 cm³/mol. The SMILES string of the molecule is CCc1cccc(OCc2cccc3cn(-c4ccc(C(F)(F)F)cc4)nc23)c1. The van der Waals surface area contributed by atoms with Gasteiger partial charge in [-0.3, -0.25) is 0 Å². The number of fused-ring (bicyclic) bond motifs is 1. The Morgan fingerprint density at radius 3 is 2.45 bits per heavy atom. The Kier molecular flexibility index (Phi) is 5.01. The first-order valence-electron chi connectivity index (χ1n) is 9.30. The minimum absolute atomic E-state index is 0.356. The summed E-state index contributed by atoms with van der Waals surface area (Å²) in [6, 6.07) is 18.7. The fourth-order valence-electron chi connectivity index (χ4n) is 3.17. The second-order valence-corrected chi connectivity index (χ2v) is 6.76. The van der Waals surface area contributed by atoms with Crippen molar-refractivity contribution in [2.45, 2.75) is 26.1 Å². The molecule has 29 heavy (non-hydrogen) atoms. The van der Waals surface area contributed by atoms with Crippen molar-refractivity contribution in [1.82, 2.24) is 9.78 Å². The van der Waals surface area contributed by atoms with E-state index in [0.29, 0.717) is 12.3 Å². The molecule has 1 heterocycles. The van der Waals surface area contributed by atoms with Gasteiger partial charge in [0.1, 0.15) is 12.4 Å². The minimum Gasteiger partial charge on any atom is -0.489 e. The molecule has 0 aliphatic heterocycles. The normalized spacial score (nSPS) is 11.7. The Morgan fingerprint density at radius 1 is 0.966 bits per heavy atom. The van der Waals surface area contributed by atoms with Crippen LogP contribution in [0.1, 0.15) is 23.6 Å². The molecular formula is C23H19F3N2O. The van der Waals surface area contributed by atoms with Crippen LogP contribution in [0.4, 0.5) is 13.2 Å². The molecule has 0 spiro atoms. The van der Waals surface area contributed by atoms with Gasteiger partial charge in [0.2, 0.25) is 0 Å². The van der Waals surface area contributed by atoms with E-state index in [1.807, 2.05) is 36.4 Å². The predicted octanol–water partition coefficient (Wildman–Crippen LogP) is 6.19. The van der Waals surface area contributed by atoms with Gasteiger partial charge in [-0.05, 0) is 48.4 Å². The Hall–Kier alpha value is -3.28. The molecule has 0 atom stereocenters. The van der Waals surface area contributed by atoms with E-state index in [2.05, 4.69) is 18.1 Å². The first-order chi connectivity index (χ1) is 13.9. The highest BCUT2D eigenvalue weighted by atomic mass is 19.4. The van der Waals surface area contributed by atoms with Gasteiger partial charge >= 0.3 is 6.18 Å². The van der Waals surface area contributed by atoms with E-state index in [-0.39, 0.29) is 0 Å². The van der Waals surface area contributed by atoms with Crippen molar-refractivity contribution in [2.75, 3.05) is 0 Å². The van der Waals surface area contributed by atoms with Crippen LogP contribution in [0.3, 0.4) is 0 Å². The molecule has 0 aliphatic rings. The third-order valence-corrected chi connectivity index (χ3v) is 4.78. The van der Waals surface area contributed by atoms with Crippen molar-refractivity contribution in [3.05, 3.63) is 89.6 Å². The maximum absolute atomic E-state index is 12.8. The third kappa shape index (κ3) is 4.11. The molecule has 3 aromatic carbocycles. The van der Waals surface area contributed by atoms with Crippen LogP contribution in [-0.2, 0) is 19.2 Å². The summed E-state index contributed by atoms with van der Waals surface area (Å²) in [7, 11) is 0. The van der Waals surface area contributed by atoms with Gasteiger partial charge in [-0.15, -0.1) is 0 Å². The lowest BCUT2D eigenvalue weighted by atomic mass is 10.1. The quantitative estimate of drug-likeness (QED) is 0.402. The first kappa shape index (κ1) is 19.1. The summed E-state index contributed by atoms with van der Waals surface area (Å²) < 4.78 is 45.9. The topological polar surface area (TPSA) is 27.1 Å². The zero-order valence-corrected chi connectivity index (χ0v) is 15.8. The van der Waals surface area contributed by atoms with Crippen molar-refractivity contribution in [1.29, 1.82) is 0 Å². The van der Waals surface area contributed by atoms with E-state index in [1.54, 1.807) is 10.9 Å². The molecule has 0 amide bonds. The molecule has 0 N–H and O–H groups in total. The minimum atomic E-state index is -4.35. The lowest BCUT2D eigenvalue weighted by Crippen LogP contribution is -2.05. The summed E-state index contributed by atoms with van der Waals surface area (Å²) in [6.45, 7) is 2.45. The van der Waals surface area contributed by atoms with Crippen LogP contribution in [0.25, 0.3) is 16.6 Å². The molecular weight excluding hydrogens is 377 g/mol. The van der Waals surface area contributed by atoms with Crippen molar-refractivity contribution in [2.24, 2.45) is 0 Å². The average Bonchev–Trinajstić information content (AvgIpc) is 3.17. The van der Waals surface area contributed by atoms with Gasteiger partial charge in [-0.25, -0.2) is 4.68 Å². The highest BCUT2D eigenvalue weighted by Crippen LogP contribution is 2.30. The molecule has 0 radical (unpaired) electrons. The molecule has 6 heteroatoms. The van der Waals surface area contributed by atoms with Crippen LogP contribution in [0.15, 0.2) is 72.9 Å². The zero-order chi connectivity index (χ0) is 20.4. The summed E-state index contributed by atoms with van der Waals surface area (Å²) in [5, 5.41) is 5.47. The van der Waals surface area contributed by atoms with Gasteiger partial charge in [0.05, 0.1) is 16.8 Å². The van der Waals surface area contributed by atoms with Crippen LogP contribution in [0, 0.1) is 0 Å². The molecule has 0 aliphatic carbocycles. The number of nitrogens with zero attached hydrogens (tertiary/aromatic N) is 2. The number of aryl methyl sites for hydroxylation is 1. The third-order valence-electron chi connectivity index (χ3n) is 4.78. The molecule has 4 aromatic rings. The average molecular weight is 396 g/mol. The molecule has 0 saturated carbocycles. The van der Waals surface area contributed by atoms with Crippen molar-refractivity contribution in [3.8, 4) is 11.4 Å². The molecule has 148 valence electrons. The number of hydrogen-bond donors (Lipinski definition) is 0. The largest absolute Gasteiger partial charge is 0.489 e. The summed E-state index contributed by atoms with van der Waals surface area (Å²) in [5.74, 6) is 0.795. The molecule has 0 fully saturated rings. The maximum atomic E-state index is 12.8. The molecule has 1 aromatic heterocycles. The Balaban J connectivity index is 1.60. The van der Waals surface area contributed by atoms with E-state index in [0.717, 1.165) is 40.8 Å². The fourth-order valence-corrected chi connectivity index (χ4v) is 3.17. The van der Waals surface area contributed by atoms with Crippen LogP contribution in [-0.4, -0.2) is 9.78 Å². The van der Waals surface area contributed by atoms with Gasteiger partial charge in [-0.1, -0.05) is 37.3 Å². The van der Waals surface area contributed by atoms with Gasteiger partial charge in [0.15, 0.2) is 0 Å². The standard InChI is InChI=1S/C23H19F3N2O/c1-2-16-5-3-8-21(13-16)29-15-18-7-4-6-17-14-28(27-22(17)18)20-11-9-19(10-12-20)23(24,25)26/h3-14H,2,15H2,1H3. The van der Waals surface area contributed by atoms with Gasteiger partial charge in [0.25, 0.3) is 0 Å². The second kappa shape index (κ2) is 7.62. The number of aromatic nitrogens is 2. The lowest BCUT2D eigenvalue weighted by Gasteiger charge is -2.08. The lowest BCUT2D eigenvalue weighted by molar-refractivity contribution is -0.137. The summed E-state index contributed by atoms with van der Waals surface area (Å²) in [6.07, 6.45) is -1.61. The summed E-state index contributed by atoms with van der Waals surface area (Å²) in [4.78, 5) is 0. The highest BCUT2D eigenvalue weighted by Gasteiger charge is 2.30. The number of alkyl halides is 3. The second-order valence-electron chi connectivity index (χ2n) is 6.76. The van der Waals surface area contributed by atoms with Crippen molar-refractivity contribution in [3.63, 3.8) is 0 Å². The van der Waals surface area contributed by atoms with Gasteiger partial charge in [0, 0.05) is 17.1 Å². The Morgan fingerprint density at radius 2 is 1.72 bits per heavy atom. The molecule has 0 saturated heterocycles. The number of benzene rings is 3. The summed E-state index contributed by atoms with van der Waals surface area (Å²) >= 11 is 0. The smallest absolute Gasteiger partial charge is 0.416 e. The number of hydrogen-bond acceptors (Lipinski definition) is 2. The Labute approximate surface area is 166 Å². The van der Waals surface area contributed by atoms with Crippen molar-refractivity contribution < 1.29 is 17.9 Å². The van der Waals surface area contributed by atoms with Gasteiger partial charge < -0.3 is 4.74 Å². The highest BCUT2D eigenvalue weighted by molar-refractivity contribution is 5.81. The zero-order valence-electron chi connectivity index (χ0n) is 15.8. The first-order valence-corrected chi connectivity index (χ1v) is 9.30. The van der Waals surface area contributed by atoms with Crippen molar-refractivity contribution >= 4 is 10.9 Å². The fraction of sp³-hybridized carbons (Fsp3) is 0.174. The van der Waals surface area contributed by atoms with E-state index in [4.69, 9.17) is 4.74 Å². The molecule has 4 rings (SSSR count). The molecule has 0 bridgehead atoms.